The summed E-state index contributed by atoms with van der Waals surface area (Å²) < 4.78 is 5.51. The third kappa shape index (κ3) is 4.63. The van der Waals surface area contributed by atoms with E-state index in [2.05, 4.69) is 24.1 Å². The van der Waals surface area contributed by atoms with E-state index in [4.69, 9.17) is 4.42 Å². The molecule has 3 amide bonds. The van der Waals surface area contributed by atoms with Crippen LogP contribution in [0.15, 0.2) is 22.8 Å². The van der Waals surface area contributed by atoms with E-state index in [-0.39, 0.29) is 18.5 Å². The van der Waals surface area contributed by atoms with Crippen LogP contribution in [0.4, 0.5) is 0 Å². The molecule has 1 aliphatic rings. The highest BCUT2D eigenvalue weighted by Gasteiger charge is 2.32. The molecule has 1 unspecified atom stereocenters. The minimum Gasteiger partial charge on any atom is -0.468 e. The Labute approximate surface area is 154 Å². The number of likely N-dealkylation sites (N-methyl/N-ethyl adjacent to an activating group) is 2. The minimum atomic E-state index is -0.612. The highest BCUT2D eigenvalue weighted by atomic mass is 16.3. The number of nitrogens with one attached hydrogen (secondary N) is 1. The molecule has 0 aliphatic carbocycles. The van der Waals surface area contributed by atoms with Crippen LogP contribution in [0.1, 0.15) is 32.6 Å². The average molecular weight is 364 g/mol. The molecule has 0 aromatic carbocycles. The Morgan fingerprint density at radius 3 is 2.42 bits per heavy atom. The van der Waals surface area contributed by atoms with Crippen LogP contribution in [-0.2, 0) is 14.4 Å². The number of rotatable bonds is 9. The number of hydrogen-bond acceptors (Lipinski definition) is 5. The molecule has 1 saturated heterocycles. The molecule has 8 nitrogen and oxygen atoms in total. The predicted molar refractivity (Wildman–Crippen MR) is 96.2 cm³/mol. The van der Waals surface area contributed by atoms with Gasteiger partial charge in [0.25, 0.3) is 0 Å². The zero-order valence-corrected chi connectivity index (χ0v) is 15.7. The third-order valence-corrected chi connectivity index (χ3v) is 4.73. The van der Waals surface area contributed by atoms with Crippen LogP contribution < -0.4 is 5.32 Å². The van der Waals surface area contributed by atoms with Gasteiger partial charge in [0.2, 0.25) is 5.91 Å². The summed E-state index contributed by atoms with van der Waals surface area (Å²) in [7, 11) is 0. The molecule has 26 heavy (non-hydrogen) atoms. The van der Waals surface area contributed by atoms with Gasteiger partial charge in [-0.1, -0.05) is 13.8 Å². The maximum Gasteiger partial charge on any atom is 0.312 e. The standard InChI is InChI=1S/C18H28N4O4/c1-4-20(5-2)14(15-8-7-11-26-15)12-19-16(23)13-22-10-9-21(6-3)17(24)18(22)25/h7-8,11,14H,4-6,9-10,12-13H2,1-3H3,(H,19,23). The van der Waals surface area contributed by atoms with Crippen LogP contribution in [0.3, 0.4) is 0 Å². The fourth-order valence-electron chi connectivity index (χ4n) is 3.16. The molecule has 1 aromatic heterocycles. The van der Waals surface area contributed by atoms with E-state index in [0.717, 1.165) is 18.8 Å². The number of carbonyl (C=O) groups is 3. The lowest BCUT2D eigenvalue weighted by Gasteiger charge is -2.33. The molecule has 0 radical (unpaired) electrons. The van der Waals surface area contributed by atoms with E-state index in [1.165, 1.54) is 9.80 Å². The molecule has 1 N–H and O–H groups in total. The van der Waals surface area contributed by atoms with Crippen LogP contribution in [0.25, 0.3) is 0 Å². The lowest BCUT2D eigenvalue weighted by molar-refractivity contribution is -0.156. The molecule has 2 rings (SSSR count). The molecule has 1 fully saturated rings. The van der Waals surface area contributed by atoms with Crippen molar-refractivity contribution in [2.45, 2.75) is 26.8 Å². The lowest BCUT2D eigenvalue weighted by Crippen LogP contribution is -2.56. The summed E-state index contributed by atoms with van der Waals surface area (Å²) in [6.45, 7) is 9.20. The summed E-state index contributed by atoms with van der Waals surface area (Å²) >= 11 is 0. The van der Waals surface area contributed by atoms with Gasteiger partial charge in [0.05, 0.1) is 12.3 Å². The molecule has 8 heteroatoms. The minimum absolute atomic E-state index is 0.0711. The van der Waals surface area contributed by atoms with Crippen molar-refractivity contribution in [1.82, 2.24) is 20.0 Å². The lowest BCUT2D eigenvalue weighted by atomic mass is 10.2. The number of furan rings is 1. The van der Waals surface area contributed by atoms with Gasteiger partial charge in [-0.25, -0.2) is 0 Å². The van der Waals surface area contributed by atoms with E-state index in [0.29, 0.717) is 26.2 Å². The van der Waals surface area contributed by atoms with E-state index in [9.17, 15) is 14.4 Å². The topological polar surface area (TPSA) is 86.1 Å². The monoisotopic (exact) mass is 364 g/mol. The average Bonchev–Trinajstić information content (AvgIpc) is 3.17. The van der Waals surface area contributed by atoms with Crippen molar-refractivity contribution in [3.05, 3.63) is 24.2 Å². The first kappa shape index (κ1) is 20.0. The molecule has 0 saturated carbocycles. The molecular formula is C18H28N4O4. The van der Waals surface area contributed by atoms with Crippen LogP contribution in [-0.4, -0.2) is 78.2 Å². The van der Waals surface area contributed by atoms with Gasteiger partial charge >= 0.3 is 11.8 Å². The van der Waals surface area contributed by atoms with E-state index in [1.807, 2.05) is 19.1 Å². The Morgan fingerprint density at radius 1 is 1.19 bits per heavy atom. The fourth-order valence-corrected chi connectivity index (χ4v) is 3.16. The molecule has 1 atom stereocenters. The van der Waals surface area contributed by atoms with Crippen molar-refractivity contribution < 1.29 is 18.8 Å². The Kier molecular flexibility index (Phi) is 7.20. The Bertz CT molecular complexity index is 613. The SMILES string of the molecule is CCN1CCN(CC(=O)NCC(c2ccco2)N(CC)CC)C(=O)C1=O. The Balaban J connectivity index is 1.92. The first-order valence-electron chi connectivity index (χ1n) is 9.14. The van der Waals surface area contributed by atoms with Gasteiger partial charge in [-0.2, -0.15) is 0 Å². The van der Waals surface area contributed by atoms with Gasteiger partial charge in [-0.05, 0) is 32.1 Å². The Morgan fingerprint density at radius 2 is 1.85 bits per heavy atom. The second kappa shape index (κ2) is 9.38. The number of piperazine rings is 1. The van der Waals surface area contributed by atoms with Gasteiger partial charge in [-0.15, -0.1) is 0 Å². The second-order valence-electron chi connectivity index (χ2n) is 6.17. The second-order valence-corrected chi connectivity index (χ2v) is 6.17. The number of hydrogen-bond donors (Lipinski definition) is 1. The molecule has 2 heterocycles. The smallest absolute Gasteiger partial charge is 0.312 e. The first-order chi connectivity index (χ1) is 12.5. The first-order valence-corrected chi connectivity index (χ1v) is 9.14. The van der Waals surface area contributed by atoms with Crippen molar-refractivity contribution in [3.8, 4) is 0 Å². The van der Waals surface area contributed by atoms with Gasteiger partial charge in [0, 0.05) is 26.2 Å². The van der Waals surface area contributed by atoms with Crippen molar-refractivity contribution in [2.24, 2.45) is 0 Å². The summed E-state index contributed by atoms with van der Waals surface area (Å²) in [6, 6.07) is 3.64. The quantitative estimate of drug-likeness (QED) is 0.644. The van der Waals surface area contributed by atoms with E-state index < -0.39 is 11.8 Å². The highest BCUT2D eigenvalue weighted by molar-refractivity contribution is 6.35. The van der Waals surface area contributed by atoms with Gasteiger partial charge in [0.15, 0.2) is 0 Å². The van der Waals surface area contributed by atoms with E-state index in [1.54, 1.807) is 6.26 Å². The maximum absolute atomic E-state index is 12.3. The largest absolute Gasteiger partial charge is 0.468 e. The van der Waals surface area contributed by atoms with Crippen LogP contribution >= 0.6 is 0 Å². The van der Waals surface area contributed by atoms with Crippen molar-refractivity contribution in [2.75, 3.05) is 45.8 Å². The summed E-state index contributed by atoms with van der Waals surface area (Å²) in [6.07, 6.45) is 1.62. The Hall–Kier alpha value is -2.35. The van der Waals surface area contributed by atoms with E-state index >= 15 is 0 Å². The van der Waals surface area contributed by atoms with Crippen molar-refractivity contribution in [3.63, 3.8) is 0 Å². The van der Waals surface area contributed by atoms with Crippen molar-refractivity contribution >= 4 is 17.7 Å². The number of carbonyl (C=O) groups excluding carboxylic acids is 3. The molecular weight excluding hydrogens is 336 g/mol. The summed E-state index contributed by atoms with van der Waals surface area (Å²) in [4.78, 5) is 41.3. The van der Waals surface area contributed by atoms with Crippen LogP contribution in [0, 0.1) is 0 Å². The normalized spacial score (nSPS) is 16.3. The molecule has 1 aliphatic heterocycles. The fraction of sp³-hybridized carbons (Fsp3) is 0.611. The van der Waals surface area contributed by atoms with Crippen molar-refractivity contribution in [1.29, 1.82) is 0 Å². The van der Waals surface area contributed by atoms with Crippen LogP contribution in [0.5, 0.6) is 0 Å². The maximum atomic E-state index is 12.3. The summed E-state index contributed by atoms with van der Waals surface area (Å²) in [5.74, 6) is -0.639. The van der Waals surface area contributed by atoms with Gasteiger partial charge in [0.1, 0.15) is 12.3 Å². The predicted octanol–water partition coefficient (Wildman–Crippen LogP) is 0.469. The number of nitrogens with zero attached hydrogens (tertiary/aromatic N) is 3. The molecule has 144 valence electrons. The highest BCUT2D eigenvalue weighted by Crippen LogP contribution is 2.20. The zero-order valence-electron chi connectivity index (χ0n) is 15.7. The molecule has 0 spiro atoms. The molecule has 0 bridgehead atoms. The zero-order chi connectivity index (χ0) is 19.1. The van der Waals surface area contributed by atoms with Gasteiger partial charge < -0.3 is 19.5 Å². The molecule has 1 aromatic rings. The van der Waals surface area contributed by atoms with Gasteiger partial charge in [-0.3, -0.25) is 19.3 Å². The van der Waals surface area contributed by atoms with Crippen LogP contribution in [0.2, 0.25) is 0 Å². The number of amides is 3. The third-order valence-electron chi connectivity index (χ3n) is 4.73. The summed E-state index contributed by atoms with van der Waals surface area (Å²) in [5, 5.41) is 2.87. The summed E-state index contributed by atoms with van der Waals surface area (Å²) in [5.41, 5.74) is 0.